The molecule has 3 rings (SSSR count). The van der Waals surface area contributed by atoms with E-state index in [1.807, 2.05) is 48.7 Å². The Hall–Kier alpha value is -2.39. The summed E-state index contributed by atoms with van der Waals surface area (Å²) in [4.78, 5) is 4.40. The van der Waals surface area contributed by atoms with Gasteiger partial charge in [-0.05, 0) is 22.6 Å². The van der Waals surface area contributed by atoms with Crippen molar-refractivity contribution in [2.45, 2.75) is 13.2 Å². The molecule has 0 amide bonds. The molecule has 20 heavy (non-hydrogen) atoms. The number of pyridine rings is 1. The molecule has 0 atom stereocenters. The van der Waals surface area contributed by atoms with Crippen molar-refractivity contribution < 1.29 is 5.11 Å². The second-order valence-corrected chi connectivity index (χ2v) is 4.71. The Labute approximate surface area is 117 Å². The first-order valence-corrected chi connectivity index (χ1v) is 6.63. The summed E-state index contributed by atoms with van der Waals surface area (Å²) in [5, 5.41) is 14.8. The smallest absolute Gasteiger partial charge is 0.134 e. The predicted octanol–water partition coefficient (Wildman–Crippen LogP) is 3.34. The van der Waals surface area contributed by atoms with E-state index in [4.69, 9.17) is 5.11 Å². The van der Waals surface area contributed by atoms with E-state index in [0.717, 1.165) is 22.3 Å². The number of rotatable bonds is 4. The number of hydrogen-bond acceptors (Lipinski definition) is 3. The van der Waals surface area contributed by atoms with Crippen LogP contribution in [0.25, 0.3) is 10.8 Å². The second kappa shape index (κ2) is 5.72. The zero-order chi connectivity index (χ0) is 13.8. The minimum absolute atomic E-state index is 0.0698. The number of aliphatic hydroxyl groups excluding tert-OH is 1. The average molecular weight is 264 g/mol. The number of benzene rings is 2. The van der Waals surface area contributed by atoms with E-state index in [1.165, 1.54) is 5.39 Å². The van der Waals surface area contributed by atoms with E-state index in [2.05, 4.69) is 22.4 Å². The van der Waals surface area contributed by atoms with Crippen LogP contribution in [0.2, 0.25) is 0 Å². The third-order valence-corrected chi connectivity index (χ3v) is 3.31. The van der Waals surface area contributed by atoms with Crippen molar-refractivity contribution in [3.05, 3.63) is 71.9 Å². The van der Waals surface area contributed by atoms with Crippen molar-refractivity contribution in [2.24, 2.45) is 0 Å². The van der Waals surface area contributed by atoms with E-state index in [9.17, 15) is 0 Å². The van der Waals surface area contributed by atoms with Crippen LogP contribution in [0.5, 0.6) is 0 Å². The first kappa shape index (κ1) is 12.6. The quantitative estimate of drug-likeness (QED) is 0.759. The summed E-state index contributed by atoms with van der Waals surface area (Å²) < 4.78 is 0. The molecule has 0 bridgehead atoms. The number of fused-ring (bicyclic) bond motifs is 1. The van der Waals surface area contributed by atoms with Crippen LogP contribution in [0.1, 0.15) is 11.1 Å². The van der Waals surface area contributed by atoms with Gasteiger partial charge in [0.15, 0.2) is 0 Å². The molecule has 100 valence electrons. The summed E-state index contributed by atoms with van der Waals surface area (Å²) in [6, 6.07) is 18.1. The highest BCUT2D eigenvalue weighted by Crippen LogP contribution is 2.21. The van der Waals surface area contributed by atoms with Crippen LogP contribution >= 0.6 is 0 Å². The summed E-state index contributed by atoms with van der Waals surface area (Å²) in [5.74, 6) is 0.887. The Kier molecular flexibility index (Phi) is 3.61. The normalized spacial score (nSPS) is 10.7. The van der Waals surface area contributed by atoms with Crippen molar-refractivity contribution in [3.8, 4) is 0 Å². The first-order valence-electron chi connectivity index (χ1n) is 6.63. The van der Waals surface area contributed by atoms with Gasteiger partial charge in [-0.2, -0.15) is 0 Å². The van der Waals surface area contributed by atoms with E-state index >= 15 is 0 Å². The molecule has 0 aliphatic carbocycles. The second-order valence-electron chi connectivity index (χ2n) is 4.71. The number of hydrogen-bond donors (Lipinski definition) is 2. The lowest BCUT2D eigenvalue weighted by atomic mass is 10.1. The molecule has 2 aromatic carbocycles. The van der Waals surface area contributed by atoms with Crippen LogP contribution in [0.15, 0.2) is 60.8 Å². The van der Waals surface area contributed by atoms with Gasteiger partial charge < -0.3 is 10.4 Å². The zero-order valence-electron chi connectivity index (χ0n) is 11.1. The van der Waals surface area contributed by atoms with Gasteiger partial charge in [0.25, 0.3) is 0 Å². The molecule has 0 aliphatic rings. The Balaban J connectivity index is 1.83. The van der Waals surface area contributed by atoms with Gasteiger partial charge in [0.1, 0.15) is 5.82 Å². The van der Waals surface area contributed by atoms with E-state index in [-0.39, 0.29) is 6.61 Å². The molecule has 3 heteroatoms. The van der Waals surface area contributed by atoms with Crippen LogP contribution < -0.4 is 5.32 Å². The van der Waals surface area contributed by atoms with Crippen LogP contribution in [-0.4, -0.2) is 10.1 Å². The fraction of sp³-hybridized carbons (Fsp3) is 0.118. The molecule has 0 radical (unpaired) electrons. The third kappa shape index (κ3) is 2.63. The molecule has 0 spiro atoms. The van der Waals surface area contributed by atoms with Gasteiger partial charge >= 0.3 is 0 Å². The lowest BCUT2D eigenvalue weighted by Gasteiger charge is -2.09. The number of aromatic nitrogens is 1. The molecular formula is C17H16N2O. The topological polar surface area (TPSA) is 45.1 Å². The van der Waals surface area contributed by atoms with Gasteiger partial charge in [-0.3, -0.25) is 0 Å². The maximum absolute atomic E-state index is 9.16. The molecule has 1 aromatic heterocycles. The number of nitrogens with one attached hydrogen (secondary N) is 1. The summed E-state index contributed by atoms with van der Waals surface area (Å²) in [5.41, 5.74) is 2.06. The molecule has 1 heterocycles. The van der Waals surface area contributed by atoms with Crippen molar-refractivity contribution in [1.82, 2.24) is 4.98 Å². The Morgan fingerprint density at radius 2 is 1.80 bits per heavy atom. The third-order valence-electron chi connectivity index (χ3n) is 3.31. The molecule has 0 fully saturated rings. The summed E-state index contributed by atoms with van der Waals surface area (Å²) in [6.45, 7) is 0.759. The van der Waals surface area contributed by atoms with Gasteiger partial charge in [0.2, 0.25) is 0 Å². The van der Waals surface area contributed by atoms with Gasteiger partial charge in [0.05, 0.1) is 6.61 Å². The highest BCUT2D eigenvalue weighted by molar-refractivity contribution is 5.91. The zero-order valence-corrected chi connectivity index (χ0v) is 11.1. The fourth-order valence-electron chi connectivity index (χ4n) is 2.28. The summed E-state index contributed by atoms with van der Waals surface area (Å²) in [7, 11) is 0. The van der Waals surface area contributed by atoms with Crippen molar-refractivity contribution >= 4 is 16.6 Å². The molecule has 3 aromatic rings. The van der Waals surface area contributed by atoms with Crippen molar-refractivity contribution in [3.63, 3.8) is 0 Å². The number of aliphatic hydroxyl groups is 1. The fourth-order valence-corrected chi connectivity index (χ4v) is 2.28. The lowest BCUT2D eigenvalue weighted by Crippen LogP contribution is -2.02. The molecule has 0 saturated carbocycles. The van der Waals surface area contributed by atoms with E-state index < -0.39 is 0 Å². The van der Waals surface area contributed by atoms with Crippen molar-refractivity contribution in [1.29, 1.82) is 0 Å². The Bertz CT molecular complexity index is 720. The summed E-state index contributed by atoms with van der Waals surface area (Å²) >= 11 is 0. The molecule has 0 saturated heterocycles. The van der Waals surface area contributed by atoms with Gasteiger partial charge in [-0.15, -0.1) is 0 Å². The Morgan fingerprint density at radius 1 is 0.950 bits per heavy atom. The monoisotopic (exact) mass is 264 g/mol. The predicted molar refractivity (Wildman–Crippen MR) is 81.4 cm³/mol. The molecule has 3 nitrogen and oxygen atoms in total. The average Bonchev–Trinajstić information content (AvgIpc) is 2.53. The standard InChI is InChI=1S/C17H16N2O/c20-12-14-5-3-4-13(10-14)11-19-17-16-7-2-1-6-15(16)8-9-18-17/h1-10,20H,11-12H2,(H,18,19). The van der Waals surface area contributed by atoms with Crippen LogP contribution in [0.3, 0.4) is 0 Å². The van der Waals surface area contributed by atoms with Gasteiger partial charge in [-0.25, -0.2) is 4.98 Å². The van der Waals surface area contributed by atoms with Crippen LogP contribution in [0.4, 0.5) is 5.82 Å². The van der Waals surface area contributed by atoms with E-state index in [1.54, 1.807) is 0 Å². The van der Waals surface area contributed by atoms with Crippen LogP contribution in [-0.2, 0) is 13.2 Å². The van der Waals surface area contributed by atoms with E-state index in [0.29, 0.717) is 6.54 Å². The lowest BCUT2D eigenvalue weighted by molar-refractivity contribution is 0.281. The molecular weight excluding hydrogens is 248 g/mol. The Morgan fingerprint density at radius 3 is 2.70 bits per heavy atom. The first-order chi connectivity index (χ1) is 9.86. The van der Waals surface area contributed by atoms with Crippen molar-refractivity contribution in [2.75, 3.05) is 5.32 Å². The van der Waals surface area contributed by atoms with Crippen LogP contribution in [0, 0.1) is 0 Å². The molecule has 2 N–H and O–H groups in total. The number of anilines is 1. The largest absolute Gasteiger partial charge is 0.392 e. The number of nitrogens with zero attached hydrogens (tertiary/aromatic N) is 1. The minimum atomic E-state index is 0.0698. The maximum Gasteiger partial charge on any atom is 0.134 e. The minimum Gasteiger partial charge on any atom is -0.392 e. The molecule has 0 unspecified atom stereocenters. The van der Waals surface area contributed by atoms with Gasteiger partial charge in [-0.1, -0.05) is 48.5 Å². The SMILES string of the molecule is OCc1cccc(CNc2nccc3ccccc23)c1. The molecule has 0 aliphatic heterocycles. The van der Waals surface area contributed by atoms with Gasteiger partial charge in [0, 0.05) is 18.1 Å². The summed E-state index contributed by atoms with van der Waals surface area (Å²) in [6.07, 6.45) is 1.81. The highest BCUT2D eigenvalue weighted by atomic mass is 16.3. The maximum atomic E-state index is 9.16. The highest BCUT2D eigenvalue weighted by Gasteiger charge is 2.01.